The van der Waals surface area contributed by atoms with E-state index in [2.05, 4.69) is 196 Å². The largest absolute Gasteiger partial charge is 0.460 e. The number of fused-ring (bicyclic) bond motifs is 11. The van der Waals surface area contributed by atoms with Crippen molar-refractivity contribution in [3.8, 4) is 50.5 Å². The summed E-state index contributed by atoms with van der Waals surface area (Å²) in [5.74, 6) is 2.16. The van der Waals surface area contributed by atoms with E-state index in [9.17, 15) is 0 Å². The first-order chi connectivity index (χ1) is 26.4. The molecule has 0 saturated carbocycles. The number of para-hydroxylation sites is 3. The monoisotopic (exact) mass is 932 g/mol. The Hall–Kier alpha value is -4.91. The first kappa shape index (κ1) is 35.8. The molecule has 10 rings (SSSR count). The number of rotatable bonds is 7. The number of hydrogen-bond acceptors (Lipinski definition) is 2. The molecule has 0 unspecified atom stereocenters. The number of imidazole rings is 1. The maximum absolute atomic E-state index is 6.43. The summed E-state index contributed by atoms with van der Waals surface area (Å²) in [6, 6.07) is 59.6. The van der Waals surface area contributed by atoms with Crippen molar-refractivity contribution in [3.05, 3.63) is 192 Å². The standard InChI is InChI=1S/C50H39BN2O.U/c1-32(2)49(3,4)54-51-34-27-29-40-39-28-26-33(30-44(39)50(45(40)31-34)42-22-12-10-19-37(42)38-20-11-13-23-43(38)50)36-18-8-9-21-41(36)48-52-46-24-14-15-25-47(46)53(48)35-16-6-5-7-17-35;/h5-31H,1-4H3;/q-1;. The van der Waals surface area contributed by atoms with E-state index in [0.717, 1.165) is 44.7 Å². The summed E-state index contributed by atoms with van der Waals surface area (Å²) in [4.78, 5) is 5.28. The van der Waals surface area contributed by atoms with Crippen LogP contribution in [0.4, 0.5) is 0 Å². The summed E-state index contributed by atoms with van der Waals surface area (Å²) in [5, 5.41) is 0. The zero-order valence-corrected chi connectivity index (χ0v) is 35.6. The molecule has 7 aromatic carbocycles. The van der Waals surface area contributed by atoms with E-state index in [-0.39, 0.29) is 36.7 Å². The zero-order valence-electron chi connectivity index (χ0n) is 31.5. The number of aromatic nitrogens is 2. The van der Waals surface area contributed by atoms with Crippen LogP contribution in [0, 0.1) is 37.0 Å². The zero-order chi connectivity index (χ0) is 36.6. The van der Waals surface area contributed by atoms with Gasteiger partial charge >= 0.3 is 7.48 Å². The molecular formula is C50H39BN2OU-. The number of benzene rings is 7. The van der Waals surface area contributed by atoms with Gasteiger partial charge in [-0.2, -0.15) is 13.8 Å². The van der Waals surface area contributed by atoms with E-state index < -0.39 is 5.41 Å². The van der Waals surface area contributed by atoms with Crippen molar-refractivity contribution in [3.63, 3.8) is 0 Å². The van der Waals surface area contributed by atoms with Gasteiger partial charge in [0.05, 0.1) is 16.4 Å². The Morgan fingerprint density at radius 1 is 0.564 bits per heavy atom. The molecule has 263 valence electrons. The third kappa shape index (κ3) is 5.47. The van der Waals surface area contributed by atoms with Crippen LogP contribution in [0.2, 0.25) is 0 Å². The van der Waals surface area contributed by atoms with Crippen molar-refractivity contribution < 1.29 is 35.8 Å². The van der Waals surface area contributed by atoms with Gasteiger partial charge in [0.25, 0.3) is 0 Å². The summed E-state index contributed by atoms with van der Waals surface area (Å²) in [6.45, 7) is 8.51. The fourth-order valence-electron chi connectivity index (χ4n) is 8.71. The Kier molecular flexibility index (Phi) is 8.90. The van der Waals surface area contributed by atoms with Crippen LogP contribution in [-0.4, -0.2) is 22.6 Å². The molecule has 0 amide bonds. The smallest absolute Gasteiger partial charge is 0.327 e. The van der Waals surface area contributed by atoms with Crippen LogP contribution in [0.3, 0.4) is 0 Å². The first-order valence-corrected chi connectivity index (χ1v) is 18.8. The molecule has 55 heavy (non-hydrogen) atoms. The Bertz CT molecular complexity index is 2700. The van der Waals surface area contributed by atoms with Crippen LogP contribution >= 0.6 is 0 Å². The molecule has 2 aliphatic rings. The SMILES string of the molecule is C[C-](C)C(C)(C)O[B]c1ccc2c(c1)C1(c3ccccc3-c3ccccc31)c1cc(-c3ccccc3-c3nc4ccccc4n3-c3ccccc3)ccc1-2.[U]. The third-order valence-electron chi connectivity index (χ3n) is 11.9. The van der Waals surface area contributed by atoms with E-state index >= 15 is 0 Å². The maximum Gasteiger partial charge on any atom is 0.327 e. The fourth-order valence-corrected chi connectivity index (χ4v) is 8.71. The average Bonchev–Trinajstić information content (AvgIpc) is 3.84. The van der Waals surface area contributed by atoms with Gasteiger partial charge in [0.1, 0.15) is 5.82 Å². The molecular weight excluding hydrogens is 893 g/mol. The molecule has 1 aromatic heterocycles. The first-order valence-electron chi connectivity index (χ1n) is 18.8. The Morgan fingerprint density at radius 2 is 1.11 bits per heavy atom. The molecule has 3 nitrogen and oxygen atoms in total. The summed E-state index contributed by atoms with van der Waals surface area (Å²) in [5.41, 5.74) is 17.1. The molecule has 0 saturated heterocycles. The average molecular weight is 933 g/mol. The normalized spacial score (nSPS) is 13.3. The minimum atomic E-state index is -0.494. The van der Waals surface area contributed by atoms with Crippen LogP contribution in [0.5, 0.6) is 0 Å². The number of hydrogen-bond donors (Lipinski definition) is 0. The van der Waals surface area contributed by atoms with Gasteiger partial charge < -0.3 is 4.65 Å². The van der Waals surface area contributed by atoms with Gasteiger partial charge in [0.15, 0.2) is 0 Å². The van der Waals surface area contributed by atoms with Gasteiger partial charge in [0, 0.05) is 42.4 Å². The minimum Gasteiger partial charge on any atom is -0.460 e. The van der Waals surface area contributed by atoms with E-state index in [1.54, 1.807) is 0 Å². The molecule has 1 radical (unpaired) electrons. The third-order valence-corrected chi connectivity index (χ3v) is 11.9. The predicted octanol–water partition coefficient (Wildman–Crippen LogP) is 11.4. The van der Waals surface area contributed by atoms with E-state index in [1.165, 1.54) is 50.4 Å². The van der Waals surface area contributed by atoms with Crippen LogP contribution in [0.25, 0.3) is 61.5 Å². The molecule has 0 N–H and O–H groups in total. The summed E-state index contributed by atoms with van der Waals surface area (Å²) >= 11 is 0. The van der Waals surface area contributed by atoms with Gasteiger partial charge in [-0.1, -0.05) is 158 Å². The maximum atomic E-state index is 6.43. The molecule has 1 spiro atoms. The van der Waals surface area contributed by atoms with Gasteiger partial charge in [-0.25, -0.2) is 4.98 Å². The van der Waals surface area contributed by atoms with Gasteiger partial charge in [-0.3, -0.25) is 10.5 Å². The molecule has 2 aliphatic carbocycles. The van der Waals surface area contributed by atoms with Crippen LogP contribution in [-0.2, 0) is 10.1 Å². The molecule has 5 heteroatoms. The Labute approximate surface area is 348 Å². The summed E-state index contributed by atoms with van der Waals surface area (Å²) in [7, 11) is 1.94. The number of nitrogens with zero attached hydrogens (tertiary/aromatic N) is 2. The predicted molar refractivity (Wildman–Crippen MR) is 223 cm³/mol. The quantitative estimate of drug-likeness (QED) is 0.118. The summed E-state index contributed by atoms with van der Waals surface area (Å²) in [6.07, 6.45) is 0. The Balaban J connectivity index is 0.00000397. The van der Waals surface area contributed by atoms with Crippen LogP contribution < -0.4 is 5.46 Å². The van der Waals surface area contributed by atoms with Crippen molar-refractivity contribution in [2.45, 2.75) is 38.7 Å². The second-order valence-corrected chi connectivity index (χ2v) is 15.3. The summed E-state index contributed by atoms with van der Waals surface area (Å²) < 4.78 is 8.72. The van der Waals surface area contributed by atoms with E-state index in [1.807, 2.05) is 7.48 Å². The molecule has 0 bridgehead atoms. The second kappa shape index (κ2) is 13.7. The minimum absolute atomic E-state index is 0. The molecule has 8 aromatic rings. The van der Waals surface area contributed by atoms with Crippen molar-refractivity contribution in [2.75, 3.05) is 0 Å². The van der Waals surface area contributed by atoms with Crippen molar-refractivity contribution in [1.29, 1.82) is 0 Å². The second-order valence-electron chi connectivity index (χ2n) is 15.3. The van der Waals surface area contributed by atoms with Gasteiger partial charge in [-0.05, 0) is 86.0 Å². The van der Waals surface area contributed by atoms with Gasteiger partial charge in [0.2, 0.25) is 0 Å². The molecule has 1 heterocycles. The fraction of sp³-hybridized carbons (Fsp3) is 0.120. The molecule has 0 fully saturated rings. The van der Waals surface area contributed by atoms with Gasteiger partial charge in [-0.15, -0.1) is 0 Å². The van der Waals surface area contributed by atoms with Crippen molar-refractivity contribution in [2.24, 2.45) is 0 Å². The van der Waals surface area contributed by atoms with E-state index in [0.29, 0.717) is 0 Å². The van der Waals surface area contributed by atoms with Crippen molar-refractivity contribution >= 4 is 24.0 Å². The topological polar surface area (TPSA) is 27.1 Å². The Morgan fingerprint density at radius 3 is 1.80 bits per heavy atom. The molecule has 0 atom stereocenters. The molecule has 0 aliphatic heterocycles. The van der Waals surface area contributed by atoms with Crippen LogP contribution in [0.1, 0.15) is 49.9 Å². The van der Waals surface area contributed by atoms with Crippen molar-refractivity contribution in [1.82, 2.24) is 9.55 Å². The van der Waals surface area contributed by atoms with Crippen LogP contribution in [0.15, 0.2) is 164 Å². The van der Waals surface area contributed by atoms with E-state index in [4.69, 9.17) is 9.64 Å².